The van der Waals surface area contributed by atoms with Crippen LogP contribution in [-0.4, -0.2) is 39.8 Å². The van der Waals surface area contributed by atoms with Gasteiger partial charge < -0.3 is 20.8 Å². The minimum absolute atomic E-state index is 0.0512. The van der Waals surface area contributed by atoms with Gasteiger partial charge in [0.15, 0.2) is 0 Å². The molecule has 7 nitrogen and oxygen atoms in total. The van der Waals surface area contributed by atoms with Crippen molar-refractivity contribution in [3.05, 3.63) is 36.5 Å². The lowest BCUT2D eigenvalue weighted by molar-refractivity contribution is -0.139. The summed E-state index contributed by atoms with van der Waals surface area (Å²) in [5, 5.41) is 23.4. The maximum Gasteiger partial charge on any atom is 0.326 e. The third-order valence-corrected chi connectivity index (χ3v) is 2.88. The molecule has 0 spiro atoms. The summed E-state index contributed by atoms with van der Waals surface area (Å²) in [6.07, 6.45) is 1.62. The number of urea groups is 1. The van der Waals surface area contributed by atoms with Crippen LogP contribution in [0.5, 0.6) is 0 Å². The Labute approximate surface area is 120 Å². The summed E-state index contributed by atoms with van der Waals surface area (Å²) in [6, 6.07) is 7.05. The van der Waals surface area contributed by atoms with E-state index < -0.39 is 18.0 Å². The van der Waals surface area contributed by atoms with Crippen molar-refractivity contribution in [1.82, 2.24) is 10.3 Å². The number of carbonyl (C=O) groups excluding carboxylic acids is 1. The van der Waals surface area contributed by atoms with Gasteiger partial charge in [-0.2, -0.15) is 0 Å². The van der Waals surface area contributed by atoms with Crippen molar-refractivity contribution in [2.45, 2.75) is 12.5 Å². The maximum absolute atomic E-state index is 11.8. The van der Waals surface area contributed by atoms with Crippen LogP contribution in [0, 0.1) is 0 Å². The zero-order valence-corrected chi connectivity index (χ0v) is 11.1. The van der Waals surface area contributed by atoms with E-state index in [-0.39, 0.29) is 13.0 Å². The molecule has 0 saturated carbocycles. The molecule has 2 rings (SSSR count). The molecule has 4 N–H and O–H groups in total. The Bertz CT molecular complexity index is 659. The van der Waals surface area contributed by atoms with E-state index in [0.717, 1.165) is 10.9 Å². The molecule has 0 aliphatic rings. The number of fused-ring (bicyclic) bond motifs is 1. The van der Waals surface area contributed by atoms with Crippen LogP contribution in [0.4, 0.5) is 10.5 Å². The minimum atomic E-state index is -1.19. The van der Waals surface area contributed by atoms with Gasteiger partial charge in [0, 0.05) is 30.3 Å². The number of nitrogens with zero attached hydrogens (tertiary/aromatic N) is 1. The fourth-order valence-electron chi connectivity index (χ4n) is 1.87. The van der Waals surface area contributed by atoms with Crippen molar-refractivity contribution in [2.75, 3.05) is 11.9 Å². The molecular formula is C14H15N3O4. The largest absolute Gasteiger partial charge is 0.480 e. The zero-order chi connectivity index (χ0) is 15.2. The summed E-state index contributed by atoms with van der Waals surface area (Å²) in [7, 11) is 0. The number of aliphatic hydroxyl groups excluding tert-OH is 1. The van der Waals surface area contributed by atoms with Crippen LogP contribution in [-0.2, 0) is 4.79 Å². The lowest BCUT2D eigenvalue weighted by Crippen LogP contribution is -2.43. The van der Waals surface area contributed by atoms with E-state index in [2.05, 4.69) is 15.6 Å². The van der Waals surface area contributed by atoms with Crippen molar-refractivity contribution in [2.24, 2.45) is 0 Å². The topological polar surface area (TPSA) is 112 Å². The number of rotatable bonds is 5. The molecule has 1 aromatic heterocycles. The molecule has 7 heteroatoms. The second kappa shape index (κ2) is 6.67. The van der Waals surface area contributed by atoms with E-state index in [4.69, 9.17) is 10.2 Å². The first-order chi connectivity index (χ1) is 10.1. The number of carboxylic acid groups (broad SMARTS) is 1. The fourth-order valence-corrected chi connectivity index (χ4v) is 1.87. The average Bonchev–Trinajstić information content (AvgIpc) is 2.46. The maximum atomic E-state index is 11.8. The van der Waals surface area contributed by atoms with Crippen LogP contribution in [0.2, 0.25) is 0 Å². The molecule has 110 valence electrons. The Morgan fingerprint density at radius 3 is 2.81 bits per heavy atom. The van der Waals surface area contributed by atoms with Crippen molar-refractivity contribution in [3.8, 4) is 0 Å². The van der Waals surface area contributed by atoms with Crippen molar-refractivity contribution >= 4 is 28.6 Å². The summed E-state index contributed by atoms with van der Waals surface area (Å²) in [6.45, 7) is -0.321. The van der Waals surface area contributed by atoms with Crippen molar-refractivity contribution in [3.63, 3.8) is 0 Å². The quantitative estimate of drug-likeness (QED) is 0.660. The van der Waals surface area contributed by atoms with Gasteiger partial charge in [-0.15, -0.1) is 0 Å². The van der Waals surface area contributed by atoms with Crippen LogP contribution < -0.4 is 10.6 Å². The number of pyridine rings is 1. The van der Waals surface area contributed by atoms with Gasteiger partial charge in [0.2, 0.25) is 0 Å². The van der Waals surface area contributed by atoms with Crippen molar-refractivity contribution in [1.29, 1.82) is 0 Å². The number of aliphatic carboxylic acids is 1. The Balaban J connectivity index is 2.05. The summed E-state index contributed by atoms with van der Waals surface area (Å²) < 4.78 is 0. The molecule has 0 fully saturated rings. The number of nitrogens with one attached hydrogen (secondary N) is 2. The van der Waals surface area contributed by atoms with Crippen LogP contribution >= 0.6 is 0 Å². The van der Waals surface area contributed by atoms with E-state index in [0.29, 0.717) is 5.69 Å². The van der Waals surface area contributed by atoms with Gasteiger partial charge in [0.1, 0.15) is 6.04 Å². The molecule has 21 heavy (non-hydrogen) atoms. The number of hydrogen-bond acceptors (Lipinski definition) is 4. The van der Waals surface area contributed by atoms with E-state index in [1.165, 1.54) is 0 Å². The molecule has 0 radical (unpaired) electrons. The molecule has 0 aliphatic carbocycles. The fraction of sp³-hybridized carbons (Fsp3) is 0.214. The first-order valence-corrected chi connectivity index (χ1v) is 6.36. The molecule has 0 saturated heterocycles. The van der Waals surface area contributed by atoms with Gasteiger partial charge in [-0.05, 0) is 24.3 Å². The number of benzene rings is 1. The first-order valence-electron chi connectivity index (χ1n) is 6.36. The number of aliphatic hydroxyl groups is 1. The van der Waals surface area contributed by atoms with E-state index in [1.807, 2.05) is 6.07 Å². The van der Waals surface area contributed by atoms with Crippen molar-refractivity contribution < 1.29 is 19.8 Å². The highest BCUT2D eigenvalue weighted by molar-refractivity contribution is 5.94. The van der Waals surface area contributed by atoms with Gasteiger partial charge >= 0.3 is 12.0 Å². The number of carbonyl (C=O) groups is 2. The smallest absolute Gasteiger partial charge is 0.326 e. The number of hydrogen-bond donors (Lipinski definition) is 4. The Hall–Kier alpha value is -2.67. The molecule has 0 aliphatic heterocycles. The third-order valence-electron chi connectivity index (χ3n) is 2.88. The number of amides is 2. The van der Waals surface area contributed by atoms with Crippen LogP contribution in [0.25, 0.3) is 10.9 Å². The Morgan fingerprint density at radius 2 is 2.10 bits per heavy atom. The Kier molecular flexibility index (Phi) is 4.68. The highest BCUT2D eigenvalue weighted by atomic mass is 16.4. The van der Waals surface area contributed by atoms with Crippen LogP contribution in [0.3, 0.4) is 0 Å². The van der Waals surface area contributed by atoms with Crippen LogP contribution in [0.15, 0.2) is 36.5 Å². The third kappa shape index (κ3) is 3.90. The van der Waals surface area contributed by atoms with Gasteiger partial charge in [-0.1, -0.05) is 6.07 Å². The molecule has 1 heterocycles. The second-order valence-corrected chi connectivity index (χ2v) is 4.41. The zero-order valence-electron chi connectivity index (χ0n) is 11.1. The number of carboxylic acids is 1. The highest BCUT2D eigenvalue weighted by Crippen LogP contribution is 2.16. The summed E-state index contributed by atoms with van der Waals surface area (Å²) >= 11 is 0. The molecule has 2 amide bonds. The summed E-state index contributed by atoms with van der Waals surface area (Å²) in [5.74, 6) is -1.19. The lowest BCUT2D eigenvalue weighted by Gasteiger charge is -2.14. The molecule has 0 bridgehead atoms. The van der Waals surface area contributed by atoms with Gasteiger partial charge in [0.25, 0.3) is 0 Å². The Morgan fingerprint density at radius 1 is 1.29 bits per heavy atom. The average molecular weight is 289 g/mol. The standard InChI is InChI=1S/C14H15N3O4/c18-7-5-12(13(19)20)17-14(21)16-10-3-4-11-9(8-10)2-1-6-15-11/h1-4,6,8,12,18H,5,7H2,(H,19,20)(H2,16,17,21). The number of aromatic nitrogens is 1. The molecular weight excluding hydrogens is 274 g/mol. The van der Waals surface area contributed by atoms with E-state index in [1.54, 1.807) is 30.5 Å². The molecule has 1 aromatic carbocycles. The van der Waals surface area contributed by atoms with Gasteiger partial charge in [-0.3, -0.25) is 4.98 Å². The molecule has 1 unspecified atom stereocenters. The van der Waals surface area contributed by atoms with E-state index in [9.17, 15) is 9.59 Å². The lowest BCUT2D eigenvalue weighted by atomic mass is 10.2. The van der Waals surface area contributed by atoms with Crippen LogP contribution in [0.1, 0.15) is 6.42 Å². The number of anilines is 1. The predicted molar refractivity (Wildman–Crippen MR) is 77.0 cm³/mol. The minimum Gasteiger partial charge on any atom is -0.480 e. The summed E-state index contributed by atoms with van der Waals surface area (Å²) in [4.78, 5) is 26.8. The second-order valence-electron chi connectivity index (χ2n) is 4.41. The SMILES string of the molecule is O=C(Nc1ccc2ncccc2c1)NC(CCO)C(=O)O. The summed E-state index contributed by atoms with van der Waals surface area (Å²) in [5.41, 5.74) is 1.33. The monoisotopic (exact) mass is 289 g/mol. The molecule has 2 aromatic rings. The van der Waals surface area contributed by atoms with Gasteiger partial charge in [-0.25, -0.2) is 9.59 Å². The first kappa shape index (κ1) is 14.7. The van der Waals surface area contributed by atoms with E-state index >= 15 is 0 Å². The normalized spacial score (nSPS) is 11.9. The highest BCUT2D eigenvalue weighted by Gasteiger charge is 2.19. The van der Waals surface area contributed by atoms with Gasteiger partial charge in [0.05, 0.1) is 5.52 Å². The molecule has 1 atom stereocenters. The predicted octanol–water partition coefficient (Wildman–Crippen LogP) is 1.19.